The Kier molecular flexibility index (Phi) is 8.13. The molecular weight excluding hydrogens is 224 g/mol. The summed E-state index contributed by atoms with van der Waals surface area (Å²) in [7, 11) is 3.28. The molecule has 0 saturated carbocycles. The fourth-order valence-corrected chi connectivity index (χ4v) is 1.28. The van der Waals surface area contributed by atoms with Gasteiger partial charge in [-0.1, -0.05) is 0 Å². The van der Waals surface area contributed by atoms with E-state index in [1.807, 2.05) is 6.92 Å². The van der Waals surface area contributed by atoms with Crippen molar-refractivity contribution in [2.75, 3.05) is 27.3 Å². The molecule has 0 fully saturated rings. The molecule has 0 saturated heterocycles. The van der Waals surface area contributed by atoms with Crippen LogP contribution in [0, 0.1) is 0 Å². The monoisotopic (exact) mass is 246 g/mol. The van der Waals surface area contributed by atoms with E-state index >= 15 is 0 Å². The quantitative estimate of drug-likeness (QED) is 0.667. The Bertz CT molecular complexity index is 246. The molecule has 0 spiro atoms. The van der Waals surface area contributed by atoms with Crippen molar-refractivity contribution in [2.24, 2.45) is 0 Å². The van der Waals surface area contributed by atoms with Crippen LogP contribution in [-0.4, -0.2) is 55.4 Å². The average molecular weight is 246 g/mol. The van der Waals surface area contributed by atoms with E-state index < -0.39 is 5.97 Å². The van der Waals surface area contributed by atoms with Gasteiger partial charge in [0.15, 0.2) is 0 Å². The number of nitrogens with zero attached hydrogens (tertiary/aromatic N) is 1. The first-order chi connectivity index (χ1) is 7.97. The minimum Gasteiger partial charge on any atom is -0.481 e. The molecule has 2 amide bonds. The van der Waals surface area contributed by atoms with Crippen LogP contribution in [0.1, 0.15) is 26.2 Å². The number of nitrogens with one attached hydrogen (secondary N) is 1. The number of carbonyl (C=O) groups is 2. The van der Waals surface area contributed by atoms with Gasteiger partial charge >= 0.3 is 12.0 Å². The van der Waals surface area contributed by atoms with Crippen molar-refractivity contribution in [1.29, 1.82) is 0 Å². The van der Waals surface area contributed by atoms with Crippen LogP contribution in [0.5, 0.6) is 0 Å². The molecule has 0 aliphatic carbocycles. The number of methoxy groups -OCH3 is 1. The van der Waals surface area contributed by atoms with Gasteiger partial charge in [0, 0.05) is 33.2 Å². The average Bonchev–Trinajstić information content (AvgIpc) is 2.25. The van der Waals surface area contributed by atoms with Gasteiger partial charge < -0.3 is 20.1 Å². The van der Waals surface area contributed by atoms with E-state index in [1.165, 1.54) is 4.90 Å². The molecule has 0 aromatic carbocycles. The predicted molar refractivity (Wildman–Crippen MR) is 64.0 cm³/mol. The lowest BCUT2D eigenvalue weighted by atomic mass is 10.1. The summed E-state index contributed by atoms with van der Waals surface area (Å²) in [4.78, 5) is 23.5. The third kappa shape index (κ3) is 8.50. The topological polar surface area (TPSA) is 78.9 Å². The molecule has 0 heterocycles. The van der Waals surface area contributed by atoms with Crippen LogP contribution in [-0.2, 0) is 9.53 Å². The number of aliphatic carboxylic acids is 1. The number of rotatable bonds is 8. The van der Waals surface area contributed by atoms with Crippen molar-refractivity contribution in [2.45, 2.75) is 32.2 Å². The van der Waals surface area contributed by atoms with Crippen LogP contribution < -0.4 is 5.32 Å². The molecule has 0 aromatic rings. The first-order valence-electron chi connectivity index (χ1n) is 5.69. The standard InChI is InChI=1S/C11H22N2O4/c1-9(5-4-6-10(14)15)12-11(16)13(2)7-8-17-3/h9H,4-8H2,1-3H3,(H,12,16)(H,14,15). The first kappa shape index (κ1) is 15.7. The first-order valence-corrected chi connectivity index (χ1v) is 5.69. The molecule has 6 nitrogen and oxygen atoms in total. The summed E-state index contributed by atoms with van der Waals surface area (Å²) >= 11 is 0. The zero-order valence-corrected chi connectivity index (χ0v) is 10.7. The smallest absolute Gasteiger partial charge is 0.317 e. The minimum absolute atomic E-state index is 0.0214. The molecule has 0 aliphatic heterocycles. The van der Waals surface area contributed by atoms with Crippen molar-refractivity contribution in [1.82, 2.24) is 10.2 Å². The van der Waals surface area contributed by atoms with Crippen LogP contribution in [0.2, 0.25) is 0 Å². The summed E-state index contributed by atoms with van der Waals surface area (Å²) in [6.07, 6.45) is 1.37. The maximum atomic E-state index is 11.6. The van der Waals surface area contributed by atoms with Crippen LogP contribution >= 0.6 is 0 Å². The molecule has 2 N–H and O–H groups in total. The van der Waals surface area contributed by atoms with E-state index in [2.05, 4.69) is 5.32 Å². The van der Waals surface area contributed by atoms with Gasteiger partial charge in [0.25, 0.3) is 0 Å². The number of hydrogen-bond donors (Lipinski definition) is 2. The Labute approximate surface area is 102 Å². The van der Waals surface area contributed by atoms with Crippen LogP contribution in [0.15, 0.2) is 0 Å². The molecule has 1 unspecified atom stereocenters. The van der Waals surface area contributed by atoms with Gasteiger partial charge in [-0.15, -0.1) is 0 Å². The highest BCUT2D eigenvalue weighted by Crippen LogP contribution is 2.01. The molecule has 0 radical (unpaired) electrons. The molecular formula is C11H22N2O4. The van der Waals surface area contributed by atoms with E-state index in [0.29, 0.717) is 26.0 Å². The van der Waals surface area contributed by atoms with Crippen molar-refractivity contribution in [3.63, 3.8) is 0 Å². The molecule has 0 bridgehead atoms. The number of urea groups is 1. The summed E-state index contributed by atoms with van der Waals surface area (Å²) < 4.78 is 4.87. The van der Waals surface area contributed by atoms with Gasteiger partial charge in [0.2, 0.25) is 0 Å². The van der Waals surface area contributed by atoms with Crippen molar-refractivity contribution >= 4 is 12.0 Å². The number of likely N-dealkylation sites (N-methyl/N-ethyl adjacent to an activating group) is 1. The van der Waals surface area contributed by atoms with Crippen molar-refractivity contribution in [3.8, 4) is 0 Å². The summed E-state index contributed by atoms with van der Waals surface area (Å²) in [6, 6.07) is -0.184. The zero-order chi connectivity index (χ0) is 13.3. The lowest BCUT2D eigenvalue weighted by Gasteiger charge is -2.20. The molecule has 100 valence electrons. The summed E-state index contributed by atoms with van der Waals surface area (Å²) in [5.41, 5.74) is 0. The fourth-order valence-electron chi connectivity index (χ4n) is 1.28. The number of amides is 2. The largest absolute Gasteiger partial charge is 0.481 e. The van der Waals surface area contributed by atoms with Gasteiger partial charge in [-0.25, -0.2) is 4.79 Å². The lowest BCUT2D eigenvalue weighted by molar-refractivity contribution is -0.137. The van der Waals surface area contributed by atoms with E-state index in [9.17, 15) is 9.59 Å². The predicted octanol–water partition coefficient (Wildman–Crippen LogP) is 0.918. The normalized spacial score (nSPS) is 11.9. The molecule has 6 heteroatoms. The second-order valence-corrected chi connectivity index (χ2v) is 4.05. The van der Waals surface area contributed by atoms with Gasteiger partial charge in [-0.2, -0.15) is 0 Å². The highest BCUT2D eigenvalue weighted by Gasteiger charge is 2.11. The lowest BCUT2D eigenvalue weighted by Crippen LogP contribution is -2.43. The van der Waals surface area contributed by atoms with E-state index in [-0.39, 0.29) is 18.5 Å². The SMILES string of the molecule is COCCN(C)C(=O)NC(C)CCCC(=O)O. The number of carboxylic acid groups (broad SMARTS) is 1. The number of carboxylic acids is 1. The molecule has 0 rings (SSSR count). The summed E-state index contributed by atoms with van der Waals surface area (Å²) in [5.74, 6) is -0.805. The fraction of sp³-hybridized carbons (Fsp3) is 0.818. The molecule has 0 aliphatic rings. The molecule has 1 atom stereocenters. The highest BCUT2D eigenvalue weighted by molar-refractivity contribution is 5.74. The summed E-state index contributed by atoms with van der Waals surface area (Å²) in [5, 5.41) is 11.3. The highest BCUT2D eigenvalue weighted by atomic mass is 16.5. The van der Waals surface area contributed by atoms with Crippen molar-refractivity contribution in [3.05, 3.63) is 0 Å². The Morgan fingerprint density at radius 1 is 1.47 bits per heavy atom. The third-order valence-electron chi connectivity index (χ3n) is 2.38. The van der Waals surface area contributed by atoms with E-state index in [1.54, 1.807) is 14.2 Å². The van der Waals surface area contributed by atoms with Crippen LogP contribution in [0.25, 0.3) is 0 Å². The van der Waals surface area contributed by atoms with Gasteiger partial charge in [-0.05, 0) is 19.8 Å². The molecule has 17 heavy (non-hydrogen) atoms. The Balaban J connectivity index is 3.74. The Morgan fingerprint density at radius 3 is 2.65 bits per heavy atom. The van der Waals surface area contributed by atoms with Gasteiger partial charge in [-0.3, -0.25) is 4.79 Å². The maximum Gasteiger partial charge on any atom is 0.317 e. The van der Waals surface area contributed by atoms with E-state index in [4.69, 9.17) is 9.84 Å². The van der Waals surface area contributed by atoms with Crippen LogP contribution in [0.3, 0.4) is 0 Å². The zero-order valence-electron chi connectivity index (χ0n) is 10.7. The molecule has 0 aromatic heterocycles. The number of ether oxygens (including phenoxy) is 1. The van der Waals surface area contributed by atoms with E-state index in [0.717, 1.165) is 0 Å². The van der Waals surface area contributed by atoms with Gasteiger partial charge in [0.05, 0.1) is 6.61 Å². The second-order valence-electron chi connectivity index (χ2n) is 4.05. The van der Waals surface area contributed by atoms with Crippen LogP contribution in [0.4, 0.5) is 4.79 Å². The maximum absolute atomic E-state index is 11.6. The number of hydrogen-bond acceptors (Lipinski definition) is 3. The second kappa shape index (κ2) is 8.81. The Hall–Kier alpha value is -1.30. The third-order valence-corrected chi connectivity index (χ3v) is 2.38. The van der Waals surface area contributed by atoms with Gasteiger partial charge in [0.1, 0.15) is 0 Å². The number of carbonyl (C=O) groups excluding carboxylic acids is 1. The summed E-state index contributed by atoms with van der Waals surface area (Å²) in [6.45, 7) is 2.89. The van der Waals surface area contributed by atoms with Crippen molar-refractivity contribution < 1.29 is 19.4 Å². The minimum atomic E-state index is -0.805. The Morgan fingerprint density at radius 2 is 2.12 bits per heavy atom.